The Balaban J connectivity index is 1.88. The summed E-state index contributed by atoms with van der Waals surface area (Å²) in [6.45, 7) is 5.72. The number of anilines is 1. The lowest BCUT2D eigenvalue weighted by Gasteiger charge is -2.19. The van der Waals surface area contributed by atoms with Crippen LogP contribution in [-0.2, 0) is 4.79 Å². The molecular formula is C15H17FN4O2S2. The maximum absolute atomic E-state index is 12.8. The van der Waals surface area contributed by atoms with Gasteiger partial charge in [-0.05, 0) is 45.0 Å². The van der Waals surface area contributed by atoms with E-state index in [1.807, 2.05) is 20.8 Å². The second-order valence-electron chi connectivity index (χ2n) is 5.92. The first-order valence-corrected chi connectivity index (χ1v) is 8.87. The van der Waals surface area contributed by atoms with Crippen LogP contribution in [0.15, 0.2) is 28.6 Å². The third-order valence-corrected chi connectivity index (χ3v) is 4.55. The van der Waals surface area contributed by atoms with Gasteiger partial charge in [-0.15, -0.1) is 10.2 Å². The Morgan fingerprint density at radius 2 is 1.88 bits per heavy atom. The topological polar surface area (TPSA) is 84.0 Å². The maximum Gasteiger partial charge on any atom is 0.257 e. The summed E-state index contributed by atoms with van der Waals surface area (Å²) < 4.78 is 13.4. The van der Waals surface area contributed by atoms with Gasteiger partial charge >= 0.3 is 0 Å². The molecule has 1 heterocycles. The van der Waals surface area contributed by atoms with E-state index in [2.05, 4.69) is 20.8 Å². The third-order valence-electron chi connectivity index (χ3n) is 2.57. The highest BCUT2D eigenvalue weighted by atomic mass is 32.2. The molecule has 9 heteroatoms. The molecule has 0 fully saturated rings. The number of carbonyl (C=O) groups is 2. The van der Waals surface area contributed by atoms with E-state index < -0.39 is 11.7 Å². The molecule has 0 spiro atoms. The molecule has 0 unspecified atom stereocenters. The van der Waals surface area contributed by atoms with Gasteiger partial charge in [0.25, 0.3) is 5.91 Å². The van der Waals surface area contributed by atoms with Crippen LogP contribution in [0, 0.1) is 5.82 Å². The fourth-order valence-corrected chi connectivity index (χ4v) is 3.22. The molecule has 1 aromatic heterocycles. The molecule has 2 amide bonds. The van der Waals surface area contributed by atoms with Crippen molar-refractivity contribution in [2.24, 2.45) is 0 Å². The second-order valence-corrected chi connectivity index (χ2v) is 8.12. The van der Waals surface area contributed by atoms with Crippen molar-refractivity contribution in [3.05, 3.63) is 35.6 Å². The quantitative estimate of drug-likeness (QED) is 0.626. The molecule has 2 N–H and O–H groups in total. The Morgan fingerprint density at radius 1 is 1.21 bits per heavy atom. The van der Waals surface area contributed by atoms with E-state index >= 15 is 0 Å². The van der Waals surface area contributed by atoms with E-state index in [0.717, 1.165) is 0 Å². The second kappa shape index (κ2) is 7.71. The summed E-state index contributed by atoms with van der Waals surface area (Å²) in [7, 11) is 0. The molecule has 0 saturated carbocycles. The largest absolute Gasteiger partial charge is 0.351 e. The number of carbonyl (C=O) groups excluding carboxylic acids is 2. The van der Waals surface area contributed by atoms with E-state index in [4.69, 9.17) is 0 Å². The normalized spacial score (nSPS) is 11.2. The van der Waals surface area contributed by atoms with E-state index in [1.165, 1.54) is 47.4 Å². The van der Waals surface area contributed by atoms with Crippen molar-refractivity contribution in [2.45, 2.75) is 30.6 Å². The van der Waals surface area contributed by atoms with Crippen molar-refractivity contribution in [1.29, 1.82) is 0 Å². The predicted molar refractivity (Wildman–Crippen MR) is 92.9 cm³/mol. The zero-order chi connectivity index (χ0) is 17.7. The molecule has 1 aromatic carbocycles. The lowest BCUT2D eigenvalue weighted by Crippen LogP contribution is -2.41. The van der Waals surface area contributed by atoms with E-state index in [9.17, 15) is 14.0 Å². The SMILES string of the molecule is CC(C)(C)NC(=O)CSc1nnc(NC(=O)c2ccc(F)cc2)s1. The van der Waals surface area contributed by atoms with Crippen LogP contribution in [0.25, 0.3) is 0 Å². The standard InChI is InChI=1S/C15H17FN4O2S2/c1-15(2,3)18-11(21)8-23-14-20-19-13(24-14)17-12(22)9-4-6-10(16)7-5-9/h4-7H,8H2,1-3H3,(H,18,21)(H,17,19,22). The van der Waals surface area contributed by atoms with Crippen LogP contribution in [0.5, 0.6) is 0 Å². The van der Waals surface area contributed by atoms with E-state index in [1.54, 1.807) is 0 Å². The fraction of sp³-hybridized carbons (Fsp3) is 0.333. The molecule has 0 saturated heterocycles. The van der Waals surface area contributed by atoms with Crippen LogP contribution in [0.2, 0.25) is 0 Å². The van der Waals surface area contributed by atoms with Gasteiger partial charge in [0.15, 0.2) is 4.34 Å². The summed E-state index contributed by atoms with van der Waals surface area (Å²) in [6.07, 6.45) is 0. The number of hydrogen-bond donors (Lipinski definition) is 2. The summed E-state index contributed by atoms with van der Waals surface area (Å²) in [5.41, 5.74) is 0.0397. The first-order chi connectivity index (χ1) is 11.2. The molecule has 2 rings (SSSR count). The summed E-state index contributed by atoms with van der Waals surface area (Å²) in [6, 6.07) is 5.20. The molecule has 24 heavy (non-hydrogen) atoms. The van der Waals surface area contributed by atoms with Crippen LogP contribution in [-0.4, -0.2) is 33.3 Å². The number of amides is 2. The van der Waals surface area contributed by atoms with Crippen molar-refractivity contribution in [3.8, 4) is 0 Å². The van der Waals surface area contributed by atoms with Crippen molar-refractivity contribution < 1.29 is 14.0 Å². The summed E-state index contributed by atoms with van der Waals surface area (Å²) in [5, 5.41) is 13.6. The highest BCUT2D eigenvalue weighted by Crippen LogP contribution is 2.25. The smallest absolute Gasteiger partial charge is 0.257 e. The van der Waals surface area contributed by atoms with Gasteiger partial charge in [-0.2, -0.15) is 0 Å². The van der Waals surface area contributed by atoms with Crippen LogP contribution < -0.4 is 10.6 Å². The van der Waals surface area contributed by atoms with Crippen LogP contribution in [0.3, 0.4) is 0 Å². The number of rotatable bonds is 5. The minimum absolute atomic E-state index is 0.0976. The minimum atomic E-state index is -0.408. The number of nitrogens with zero attached hydrogens (tertiary/aromatic N) is 2. The molecule has 0 aliphatic heterocycles. The van der Waals surface area contributed by atoms with Crippen molar-refractivity contribution in [1.82, 2.24) is 15.5 Å². The maximum atomic E-state index is 12.8. The summed E-state index contributed by atoms with van der Waals surface area (Å²) >= 11 is 2.42. The first-order valence-electron chi connectivity index (χ1n) is 7.07. The third kappa shape index (κ3) is 5.89. The minimum Gasteiger partial charge on any atom is -0.351 e. The van der Waals surface area contributed by atoms with E-state index in [0.29, 0.717) is 15.0 Å². The van der Waals surface area contributed by atoms with Crippen molar-refractivity contribution in [2.75, 3.05) is 11.1 Å². The Kier molecular flexibility index (Phi) is 5.89. The number of aromatic nitrogens is 2. The van der Waals surface area contributed by atoms with Gasteiger partial charge in [0, 0.05) is 11.1 Å². The highest BCUT2D eigenvalue weighted by molar-refractivity contribution is 8.01. The summed E-state index contributed by atoms with van der Waals surface area (Å²) in [5.74, 6) is -0.680. The molecule has 0 atom stereocenters. The lowest BCUT2D eigenvalue weighted by molar-refractivity contribution is -0.119. The summed E-state index contributed by atoms with van der Waals surface area (Å²) in [4.78, 5) is 23.7. The van der Waals surface area contributed by atoms with Gasteiger partial charge < -0.3 is 5.32 Å². The van der Waals surface area contributed by atoms with E-state index in [-0.39, 0.29) is 17.2 Å². The first kappa shape index (κ1) is 18.3. The van der Waals surface area contributed by atoms with Gasteiger partial charge in [0.05, 0.1) is 5.75 Å². The van der Waals surface area contributed by atoms with Crippen LogP contribution in [0.4, 0.5) is 9.52 Å². The number of nitrogens with one attached hydrogen (secondary N) is 2. The monoisotopic (exact) mass is 368 g/mol. The molecular weight excluding hydrogens is 351 g/mol. The van der Waals surface area contributed by atoms with Gasteiger partial charge in [0.2, 0.25) is 11.0 Å². The molecule has 0 bridgehead atoms. The zero-order valence-corrected chi connectivity index (χ0v) is 15.1. The number of benzene rings is 1. The Bertz CT molecular complexity index is 726. The van der Waals surface area contributed by atoms with Gasteiger partial charge in [-0.25, -0.2) is 4.39 Å². The molecule has 0 aliphatic carbocycles. The predicted octanol–water partition coefficient (Wildman–Crippen LogP) is 2.94. The van der Waals surface area contributed by atoms with Crippen molar-refractivity contribution in [3.63, 3.8) is 0 Å². The highest BCUT2D eigenvalue weighted by Gasteiger charge is 2.15. The number of thioether (sulfide) groups is 1. The van der Waals surface area contributed by atoms with Gasteiger partial charge in [-0.1, -0.05) is 23.1 Å². The zero-order valence-electron chi connectivity index (χ0n) is 13.4. The van der Waals surface area contributed by atoms with Crippen molar-refractivity contribution >= 4 is 40.0 Å². The van der Waals surface area contributed by atoms with Crippen LogP contribution in [0.1, 0.15) is 31.1 Å². The molecule has 0 aliphatic rings. The molecule has 0 radical (unpaired) electrons. The Morgan fingerprint density at radius 3 is 2.50 bits per heavy atom. The number of halogens is 1. The van der Waals surface area contributed by atoms with Gasteiger partial charge in [0.1, 0.15) is 5.82 Å². The average Bonchev–Trinajstić information content (AvgIpc) is 2.91. The Hall–Kier alpha value is -2.00. The van der Waals surface area contributed by atoms with Crippen LogP contribution >= 0.6 is 23.1 Å². The molecule has 2 aromatic rings. The average molecular weight is 368 g/mol. The lowest BCUT2D eigenvalue weighted by atomic mass is 10.1. The van der Waals surface area contributed by atoms with Gasteiger partial charge in [-0.3, -0.25) is 14.9 Å². The molecule has 128 valence electrons. The Labute approximate surface area is 147 Å². The number of hydrogen-bond acceptors (Lipinski definition) is 6. The molecule has 6 nitrogen and oxygen atoms in total. The fourth-order valence-electron chi connectivity index (χ4n) is 1.67.